The third-order valence-corrected chi connectivity index (χ3v) is 7.92. The maximum absolute atomic E-state index is 13.7. The second kappa shape index (κ2) is 8.15. The molecule has 8 heteroatoms. The number of esters is 1. The van der Waals surface area contributed by atoms with Crippen LogP contribution in [0.3, 0.4) is 0 Å². The molecule has 33 heavy (non-hydrogen) atoms. The summed E-state index contributed by atoms with van der Waals surface area (Å²) in [5.74, 6) is -0.736. The van der Waals surface area contributed by atoms with Gasteiger partial charge in [-0.15, -0.1) is 0 Å². The second-order valence-electron chi connectivity index (χ2n) is 9.82. The Hall–Kier alpha value is -2.35. The first kappa shape index (κ1) is 22.4. The highest BCUT2D eigenvalue weighted by atomic mass is 19.4. The number of piperidine rings is 1. The standard InChI is InChI=1S/C25H29F3N2O3/c1-16-21(24(33-23(16)32)9-12-29(13-10-24)20-4-2-3-5-20)22(31)30-11-8-17-6-7-19(25(26,27)28)14-18(17)15-30/h6-7,14,20H,2-5,8-13,15H2,1H3. The summed E-state index contributed by atoms with van der Waals surface area (Å²) in [5, 5.41) is 0. The summed E-state index contributed by atoms with van der Waals surface area (Å²) in [4.78, 5) is 30.2. The molecule has 0 unspecified atom stereocenters. The zero-order valence-corrected chi connectivity index (χ0v) is 18.8. The lowest BCUT2D eigenvalue weighted by atomic mass is 9.81. The number of nitrogens with zero attached hydrogens (tertiary/aromatic N) is 2. The van der Waals surface area contributed by atoms with Crippen LogP contribution < -0.4 is 0 Å². The summed E-state index contributed by atoms with van der Waals surface area (Å²) in [7, 11) is 0. The lowest BCUT2D eigenvalue weighted by Gasteiger charge is -2.42. The van der Waals surface area contributed by atoms with Gasteiger partial charge in [0.25, 0.3) is 5.91 Å². The van der Waals surface area contributed by atoms with Gasteiger partial charge in [-0.1, -0.05) is 18.9 Å². The Morgan fingerprint density at radius 2 is 1.79 bits per heavy atom. The van der Waals surface area contributed by atoms with E-state index in [1.165, 1.54) is 31.7 Å². The number of benzene rings is 1. The Balaban J connectivity index is 1.36. The Morgan fingerprint density at radius 3 is 2.45 bits per heavy atom. The van der Waals surface area contributed by atoms with E-state index in [1.54, 1.807) is 11.8 Å². The van der Waals surface area contributed by atoms with E-state index >= 15 is 0 Å². The van der Waals surface area contributed by atoms with Crippen LogP contribution in [0.2, 0.25) is 0 Å². The number of hydrogen-bond acceptors (Lipinski definition) is 4. The molecule has 1 saturated heterocycles. The van der Waals surface area contributed by atoms with Crippen LogP contribution >= 0.6 is 0 Å². The number of fused-ring (bicyclic) bond motifs is 1. The highest BCUT2D eigenvalue weighted by Gasteiger charge is 2.52. The molecule has 1 aliphatic carbocycles. The highest BCUT2D eigenvalue weighted by Crippen LogP contribution is 2.43. The van der Waals surface area contributed by atoms with E-state index in [0.29, 0.717) is 48.6 Å². The van der Waals surface area contributed by atoms with Crippen LogP contribution in [-0.4, -0.2) is 53.0 Å². The second-order valence-corrected chi connectivity index (χ2v) is 9.82. The minimum Gasteiger partial charge on any atom is -0.450 e. The average Bonchev–Trinajstić information content (AvgIpc) is 3.40. The van der Waals surface area contributed by atoms with Crippen LogP contribution in [0.15, 0.2) is 29.3 Å². The summed E-state index contributed by atoms with van der Waals surface area (Å²) in [6.07, 6.45) is 2.10. The van der Waals surface area contributed by atoms with Gasteiger partial charge >= 0.3 is 12.1 Å². The summed E-state index contributed by atoms with van der Waals surface area (Å²) < 4.78 is 45.4. The number of amides is 1. The molecule has 1 saturated carbocycles. The van der Waals surface area contributed by atoms with E-state index in [1.807, 2.05) is 0 Å². The lowest BCUT2D eigenvalue weighted by molar-refractivity contribution is -0.152. The summed E-state index contributed by atoms with van der Waals surface area (Å²) >= 11 is 0. The molecule has 178 valence electrons. The van der Waals surface area contributed by atoms with Crippen LogP contribution in [0.25, 0.3) is 0 Å². The van der Waals surface area contributed by atoms with Gasteiger partial charge in [0.05, 0.1) is 11.1 Å². The van der Waals surface area contributed by atoms with Gasteiger partial charge in [0.15, 0.2) is 0 Å². The molecular weight excluding hydrogens is 433 g/mol. The minimum atomic E-state index is -4.43. The normalized spacial score (nSPS) is 23.9. The predicted molar refractivity (Wildman–Crippen MR) is 115 cm³/mol. The van der Waals surface area contributed by atoms with Gasteiger partial charge in [0.2, 0.25) is 0 Å². The zero-order chi connectivity index (χ0) is 23.4. The summed E-state index contributed by atoms with van der Waals surface area (Å²) in [6, 6.07) is 4.32. The van der Waals surface area contributed by atoms with E-state index in [0.717, 1.165) is 30.8 Å². The molecule has 1 aromatic carbocycles. The van der Waals surface area contributed by atoms with Gasteiger partial charge in [0.1, 0.15) is 5.60 Å². The van der Waals surface area contributed by atoms with E-state index < -0.39 is 23.3 Å². The molecule has 2 fully saturated rings. The Labute approximate surface area is 191 Å². The third kappa shape index (κ3) is 3.96. The number of hydrogen-bond donors (Lipinski definition) is 0. The van der Waals surface area contributed by atoms with Crippen molar-refractivity contribution in [3.8, 4) is 0 Å². The number of carbonyl (C=O) groups is 2. The molecule has 0 bridgehead atoms. The van der Waals surface area contributed by atoms with Gasteiger partial charge in [-0.25, -0.2) is 4.79 Å². The van der Waals surface area contributed by atoms with E-state index in [2.05, 4.69) is 4.90 Å². The van der Waals surface area contributed by atoms with Crippen molar-refractivity contribution < 1.29 is 27.5 Å². The highest BCUT2D eigenvalue weighted by molar-refractivity contribution is 6.07. The smallest absolute Gasteiger partial charge is 0.416 e. The molecule has 1 amide bonds. The van der Waals surface area contributed by atoms with Crippen molar-refractivity contribution in [2.45, 2.75) is 76.2 Å². The monoisotopic (exact) mass is 462 g/mol. The lowest BCUT2D eigenvalue weighted by Crippen LogP contribution is -2.51. The van der Waals surface area contributed by atoms with Crippen molar-refractivity contribution >= 4 is 11.9 Å². The fourth-order valence-corrected chi connectivity index (χ4v) is 6.04. The largest absolute Gasteiger partial charge is 0.450 e. The molecule has 3 heterocycles. The van der Waals surface area contributed by atoms with E-state index in [-0.39, 0.29) is 12.5 Å². The molecule has 1 aromatic rings. The molecule has 3 aliphatic heterocycles. The number of ether oxygens (including phenoxy) is 1. The van der Waals surface area contributed by atoms with Gasteiger partial charge in [-0.3, -0.25) is 4.79 Å². The SMILES string of the molecule is CC1=C(C(=O)N2CCc3ccc(C(F)(F)F)cc3C2)C2(CCN(C3CCCC3)CC2)OC1=O. The molecule has 0 aromatic heterocycles. The third-order valence-electron chi connectivity index (χ3n) is 7.92. The predicted octanol–water partition coefficient (Wildman–Crippen LogP) is 4.24. The Morgan fingerprint density at radius 1 is 1.09 bits per heavy atom. The van der Waals surface area contributed by atoms with Crippen LogP contribution in [0.4, 0.5) is 13.2 Å². The maximum atomic E-state index is 13.7. The number of carbonyl (C=O) groups excluding carboxylic acids is 2. The average molecular weight is 463 g/mol. The van der Waals surface area contributed by atoms with Gasteiger partial charge in [0, 0.05) is 50.6 Å². The first-order valence-electron chi connectivity index (χ1n) is 11.8. The molecule has 4 aliphatic rings. The fourth-order valence-electron chi connectivity index (χ4n) is 6.04. The van der Waals surface area contributed by atoms with Crippen molar-refractivity contribution in [2.24, 2.45) is 0 Å². The number of halogens is 3. The van der Waals surface area contributed by atoms with Crippen molar-refractivity contribution in [2.75, 3.05) is 19.6 Å². The number of likely N-dealkylation sites (tertiary alicyclic amines) is 1. The first-order valence-corrected chi connectivity index (χ1v) is 11.8. The van der Waals surface area contributed by atoms with Gasteiger partial charge < -0.3 is 14.5 Å². The molecule has 0 radical (unpaired) electrons. The molecule has 0 atom stereocenters. The van der Waals surface area contributed by atoms with E-state index in [9.17, 15) is 22.8 Å². The zero-order valence-electron chi connectivity index (χ0n) is 18.8. The van der Waals surface area contributed by atoms with Crippen molar-refractivity contribution in [1.29, 1.82) is 0 Å². The van der Waals surface area contributed by atoms with E-state index in [4.69, 9.17) is 4.74 Å². The molecule has 5 nitrogen and oxygen atoms in total. The van der Waals surface area contributed by atoms with Crippen LogP contribution in [-0.2, 0) is 33.5 Å². The Bertz CT molecular complexity index is 1000. The molecule has 0 N–H and O–H groups in total. The number of rotatable bonds is 2. The first-order chi connectivity index (χ1) is 15.7. The van der Waals surface area contributed by atoms with Crippen molar-refractivity contribution in [3.63, 3.8) is 0 Å². The fraction of sp³-hybridized carbons (Fsp3) is 0.600. The van der Waals surface area contributed by atoms with Gasteiger partial charge in [-0.05, 0) is 49.4 Å². The maximum Gasteiger partial charge on any atom is 0.416 e. The quantitative estimate of drug-likeness (QED) is 0.617. The van der Waals surface area contributed by atoms with Gasteiger partial charge in [-0.2, -0.15) is 13.2 Å². The molecule has 1 spiro atoms. The number of alkyl halides is 3. The minimum absolute atomic E-state index is 0.105. The summed E-state index contributed by atoms with van der Waals surface area (Å²) in [5.41, 5.74) is 0.467. The van der Waals surface area contributed by atoms with Crippen molar-refractivity contribution in [1.82, 2.24) is 9.80 Å². The molecule has 5 rings (SSSR count). The van der Waals surface area contributed by atoms with Crippen molar-refractivity contribution in [3.05, 3.63) is 46.0 Å². The van der Waals surface area contributed by atoms with Crippen LogP contribution in [0.5, 0.6) is 0 Å². The van der Waals surface area contributed by atoms with Crippen LogP contribution in [0.1, 0.15) is 62.1 Å². The topological polar surface area (TPSA) is 49.9 Å². The summed E-state index contributed by atoms with van der Waals surface area (Å²) in [6.45, 7) is 3.70. The van der Waals surface area contributed by atoms with Crippen LogP contribution in [0, 0.1) is 0 Å². The Kier molecular flexibility index (Phi) is 5.54. The molecular formula is C25H29F3N2O3.